The maximum Gasteiger partial charge on any atom is 0.162 e. The van der Waals surface area contributed by atoms with E-state index in [1.54, 1.807) is 18.1 Å². The second-order valence-corrected chi connectivity index (χ2v) is 10.2. The first-order chi connectivity index (χ1) is 15.0. The summed E-state index contributed by atoms with van der Waals surface area (Å²) >= 11 is 0. The number of aliphatic hydroxyl groups is 1. The standard InChI is InChI=1S/C28H41NO3/c1-19(12-14-25-20(2)10-8-16-28(25,5)6)9-7-11-23-13-15-26(32-27(23)31)24(17-22(4)30)21(3)18-29/h9,13,15,17,21,23,26-27,31H,7-8,10-12,14,16H2,1-6H3/b19-9+,24-17+. The number of carbonyl (C=O) groups excluding carboxylic acids is 1. The van der Waals surface area contributed by atoms with Gasteiger partial charge in [0.05, 0.1) is 12.0 Å². The summed E-state index contributed by atoms with van der Waals surface area (Å²) in [6.45, 7) is 12.5. The molecule has 2 aliphatic rings. The van der Waals surface area contributed by atoms with Gasteiger partial charge in [0.1, 0.15) is 6.10 Å². The molecule has 0 saturated carbocycles. The van der Waals surface area contributed by atoms with Crippen molar-refractivity contribution < 1.29 is 14.6 Å². The molecule has 0 saturated heterocycles. The van der Waals surface area contributed by atoms with Gasteiger partial charge in [-0.1, -0.05) is 48.8 Å². The fourth-order valence-electron chi connectivity index (χ4n) is 5.00. The number of aliphatic hydroxyl groups excluding tert-OH is 1. The predicted octanol–water partition coefficient (Wildman–Crippen LogP) is 6.58. The van der Waals surface area contributed by atoms with Crippen LogP contribution in [0, 0.1) is 28.6 Å². The van der Waals surface area contributed by atoms with Crippen molar-refractivity contribution in [2.24, 2.45) is 17.3 Å². The van der Waals surface area contributed by atoms with Crippen LogP contribution in [-0.4, -0.2) is 23.3 Å². The van der Waals surface area contributed by atoms with Gasteiger partial charge in [-0.05, 0) is 89.7 Å². The Morgan fingerprint density at radius 2 is 2.09 bits per heavy atom. The number of rotatable bonds is 9. The largest absolute Gasteiger partial charge is 0.367 e. The zero-order valence-electron chi connectivity index (χ0n) is 20.8. The summed E-state index contributed by atoms with van der Waals surface area (Å²) in [5, 5.41) is 19.8. The van der Waals surface area contributed by atoms with Gasteiger partial charge >= 0.3 is 0 Å². The summed E-state index contributed by atoms with van der Waals surface area (Å²) in [5.41, 5.74) is 5.54. The van der Waals surface area contributed by atoms with E-state index in [-0.39, 0.29) is 11.7 Å². The number of hydrogen-bond donors (Lipinski definition) is 1. The average Bonchev–Trinajstić information content (AvgIpc) is 2.71. The number of carbonyl (C=O) groups is 1. The van der Waals surface area contributed by atoms with Gasteiger partial charge in [-0.2, -0.15) is 5.26 Å². The molecule has 0 amide bonds. The molecule has 1 N–H and O–H groups in total. The number of nitrogens with zero attached hydrogens (tertiary/aromatic N) is 1. The van der Waals surface area contributed by atoms with E-state index in [1.807, 2.05) is 12.2 Å². The smallest absolute Gasteiger partial charge is 0.162 e. The SMILES string of the molecule is CC(=O)/C=C(\C(C)C#N)C1C=CC(CC/C=C(\C)CCC2=C(C)CCCC2(C)C)C(O)O1. The number of hydrogen-bond acceptors (Lipinski definition) is 4. The average molecular weight is 440 g/mol. The molecule has 0 bridgehead atoms. The van der Waals surface area contributed by atoms with Crippen LogP contribution < -0.4 is 0 Å². The lowest BCUT2D eigenvalue weighted by molar-refractivity contribution is -0.145. The first-order valence-electron chi connectivity index (χ1n) is 12.0. The molecule has 4 heteroatoms. The third-order valence-corrected chi connectivity index (χ3v) is 7.03. The molecule has 2 rings (SSSR count). The van der Waals surface area contributed by atoms with Crippen molar-refractivity contribution >= 4 is 5.78 Å². The Morgan fingerprint density at radius 3 is 2.69 bits per heavy atom. The molecule has 0 aromatic heterocycles. The summed E-state index contributed by atoms with van der Waals surface area (Å²) < 4.78 is 5.77. The maximum atomic E-state index is 11.5. The van der Waals surface area contributed by atoms with Crippen molar-refractivity contribution in [2.75, 3.05) is 0 Å². The minimum Gasteiger partial charge on any atom is -0.367 e. The Bertz CT molecular complexity index is 837. The zero-order valence-corrected chi connectivity index (χ0v) is 20.8. The Kier molecular flexibility index (Phi) is 9.67. The molecule has 176 valence electrons. The van der Waals surface area contributed by atoms with Crippen LogP contribution in [0.2, 0.25) is 0 Å². The van der Waals surface area contributed by atoms with Gasteiger partial charge < -0.3 is 9.84 Å². The fourth-order valence-corrected chi connectivity index (χ4v) is 5.00. The van der Waals surface area contributed by atoms with Crippen LogP contribution in [0.15, 0.2) is 46.6 Å². The van der Waals surface area contributed by atoms with E-state index in [0.29, 0.717) is 11.0 Å². The van der Waals surface area contributed by atoms with Crippen molar-refractivity contribution in [3.63, 3.8) is 0 Å². The van der Waals surface area contributed by atoms with Crippen molar-refractivity contribution in [2.45, 2.75) is 98.9 Å². The van der Waals surface area contributed by atoms with Crippen molar-refractivity contribution in [3.05, 3.63) is 46.6 Å². The third kappa shape index (κ3) is 7.29. The Balaban J connectivity index is 1.91. The zero-order chi connectivity index (χ0) is 23.9. The molecule has 4 nitrogen and oxygen atoms in total. The highest BCUT2D eigenvalue weighted by atomic mass is 16.6. The lowest BCUT2D eigenvalue weighted by atomic mass is 9.71. The van der Waals surface area contributed by atoms with Gasteiger partial charge in [-0.3, -0.25) is 4.79 Å². The number of ketones is 1. The summed E-state index contributed by atoms with van der Waals surface area (Å²) in [6, 6.07) is 2.16. The molecule has 4 unspecified atom stereocenters. The van der Waals surface area contributed by atoms with Crippen LogP contribution in [0.5, 0.6) is 0 Å². The van der Waals surface area contributed by atoms with Gasteiger partial charge in [0, 0.05) is 5.92 Å². The third-order valence-electron chi connectivity index (χ3n) is 7.03. The van der Waals surface area contributed by atoms with Crippen LogP contribution in [0.1, 0.15) is 86.5 Å². The lowest BCUT2D eigenvalue weighted by Gasteiger charge is -2.35. The maximum absolute atomic E-state index is 11.5. The molecule has 0 aromatic rings. The summed E-state index contributed by atoms with van der Waals surface area (Å²) in [7, 11) is 0. The normalized spacial score (nSPS) is 27.2. The van der Waals surface area contributed by atoms with Gasteiger partial charge in [-0.25, -0.2) is 0 Å². The minimum atomic E-state index is -0.934. The molecular formula is C28H41NO3. The molecule has 1 heterocycles. The van der Waals surface area contributed by atoms with Crippen molar-refractivity contribution in [3.8, 4) is 6.07 Å². The Labute approximate surface area is 194 Å². The van der Waals surface area contributed by atoms with E-state index in [9.17, 15) is 15.2 Å². The van der Waals surface area contributed by atoms with Crippen LogP contribution in [0.4, 0.5) is 0 Å². The molecule has 4 atom stereocenters. The highest BCUT2D eigenvalue weighted by Gasteiger charge is 2.29. The van der Waals surface area contributed by atoms with Gasteiger partial charge in [0.15, 0.2) is 12.1 Å². The molecule has 32 heavy (non-hydrogen) atoms. The molecule has 1 aliphatic carbocycles. The van der Waals surface area contributed by atoms with Gasteiger partial charge in [-0.15, -0.1) is 0 Å². The van der Waals surface area contributed by atoms with Crippen molar-refractivity contribution in [1.82, 2.24) is 0 Å². The quantitative estimate of drug-likeness (QED) is 0.325. The topological polar surface area (TPSA) is 70.3 Å². The molecule has 0 aromatic carbocycles. The molecule has 0 radical (unpaired) electrons. The van der Waals surface area contributed by atoms with E-state index < -0.39 is 18.3 Å². The van der Waals surface area contributed by atoms with Crippen molar-refractivity contribution in [1.29, 1.82) is 5.26 Å². The van der Waals surface area contributed by atoms with Crippen LogP contribution >= 0.6 is 0 Å². The minimum absolute atomic E-state index is 0.0894. The van der Waals surface area contributed by atoms with E-state index in [0.717, 1.165) is 25.7 Å². The predicted molar refractivity (Wildman–Crippen MR) is 130 cm³/mol. The summed E-state index contributed by atoms with van der Waals surface area (Å²) in [6.07, 6.45) is 13.9. The highest BCUT2D eigenvalue weighted by Crippen LogP contribution is 2.42. The second kappa shape index (κ2) is 11.8. The van der Waals surface area contributed by atoms with Crippen LogP contribution in [0.25, 0.3) is 0 Å². The van der Waals surface area contributed by atoms with Crippen LogP contribution in [0.3, 0.4) is 0 Å². The summed E-state index contributed by atoms with van der Waals surface area (Å²) in [4.78, 5) is 11.5. The first-order valence-corrected chi connectivity index (χ1v) is 12.0. The first kappa shape index (κ1) is 26.3. The summed E-state index contributed by atoms with van der Waals surface area (Å²) in [5.74, 6) is -0.664. The van der Waals surface area contributed by atoms with E-state index in [1.165, 1.54) is 37.8 Å². The van der Waals surface area contributed by atoms with E-state index >= 15 is 0 Å². The molecular weight excluding hydrogens is 398 g/mol. The lowest BCUT2D eigenvalue weighted by Crippen LogP contribution is -2.33. The Morgan fingerprint density at radius 1 is 1.38 bits per heavy atom. The van der Waals surface area contributed by atoms with Gasteiger partial charge in [0.25, 0.3) is 0 Å². The second-order valence-electron chi connectivity index (χ2n) is 10.2. The molecule has 0 fully saturated rings. The number of ether oxygens (including phenoxy) is 1. The molecule has 1 aliphatic heterocycles. The molecule has 0 spiro atoms. The van der Waals surface area contributed by atoms with E-state index in [4.69, 9.17) is 4.74 Å². The number of allylic oxidation sites excluding steroid dienone is 5. The van der Waals surface area contributed by atoms with Gasteiger partial charge in [0.2, 0.25) is 0 Å². The highest BCUT2D eigenvalue weighted by molar-refractivity contribution is 5.88. The van der Waals surface area contributed by atoms with Crippen LogP contribution in [-0.2, 0) is 9.53 Å². The van der Waals surface area contributed by atoms with E-state index in [2.05, 4.69) is 39.8 Å². The number of nitriles is 1. The Hall–Kier alpha value is -1.96. The monoisotopic (exact) mass is 439 g/mol. The fraction of sp³-hybridized carbons (Fsp3) is 0.643.